The van der Waals surface area contributed by atoms with Crippen LogP contribution >= 0.6 is 11.8 Å². The second kappa shape index (κ2) is 9.79. The lowest BCUT2D eigenvalue weighted by Gasteiger charge is -2.12. The molecule has 8 heteroatoms. The molecule has 7 nitrogen and oxygen atoms in total. The molecular formula is C21H21N3O4S. The molecule has 0 fully saturated rings. The standard InChI is InChI=1S/C21H21N3O4S/c1-3-28-20(26)15-8-4-5-9-16(15)23-19(25)14-29-21-22-12-13-24(21)17-10-6-7-11-18(17)27-2/h4-13H,3,14H2,1-2H3,(H,23,25). The fourth-order valence-corrected chi connectivity index (χ4v) is 3.47. The highest BCUT2D eigenvalue weighted by Gasteiger charge is 2.15. The van der Waals surface area contributed by atoms with Gasteiger partial charge in [0.05, 0.1) is 36.4 Å². The van der Waals surface area contributed by atoms with E-state index in [2.05, 4.69) is 10.3 Å². The number of nitrogens with zero attached hydrogens (tertiary/aromatic N) is 2. The number of carbonyl (C=O) groups excluding carboxylic acids is 2. The van der Waals surface area contributed by atoms with Crippen LogP contribution in [0.15, 0.2) is 66.1 Å². The third kappa shape index (κ3) is 4.97. The highest BCUT2D eigenvalue weighted by Crippen LogP contribution is 2.27. The van der Waals surface area contributed by atoms with E-state index in [9.17, 15) is 9.59 Å². The van der Waals surface area contributed by atoms with Crippen LogP contribution in [0.1, 0.15) is 17.3 Å². The number of esters is 1. The third-order valence-corrected chi connectivity index (χ3v) is 4.95. The Morgan fingerprint density at radius 3 is 2.69 bits per heavy atom. The van der Waals surface area contributed by atoms with Crippen LogP contribution in [0.3, 0.4) is 0 Å². The Morgan fingerprint density at radius 1 is 1.14 bits per heavy atom. The van der Waals surface area contributed by atoms with Crippen LogP contribution in [-0.2, 0) is 9.53 Å². The van der Waals surface area contributed by atoms with E-state index in [1.165, 1.54) is 11.8 Å². The van der Waals surface area contributed by atoms with Crippen LogP contribution < -0.4 is 10.1 Å². The van der Waals surface area contributed by atoms with Gasteiger partial charge >= 0.3 is 5.97 Å². The number of amides is 1. The van der Waals surface area contributed by atoms with Gasteiger partial charge in [-0.3, -0.25) is 9.36 Å². The van der Waals surface area contributed by atoms with Gasteiger partial charge in [0.25, 0.3) is 0 Å². The van der Waals surface area contributed by atoms with Crippen molar-refractivity contribution in [2.24, 2.45) is 0 Å². The van der Waals surface area contributed by atoms with Crippen LogP contribution in [0.4, 0.5) is 5.69 Å². The van der Waals surface area contributed by atoms with Gasteiger partial charge in [-0.1, -0.05) is 36.0 Å². The molecule has 0 radical (unpaired) electrons. The first kappa shape index (κ1) is 20.5. The normalized spacial score (nSPS) is 10.4. The monoisotopic (exact) mass is 411 g/mol. The summed E-state index contributed by atoms with van der Waals surface area (Å²) in [7, 11) is 1.61. The smallest absolute Gasteiger partial charge is 0.340 e. The molecular weight excluding hydrogens is 390 g/mol. The topological polar surface area (TPSA) is 82.5 Å². The molecule has 0 unspecified atom stereocenters. The average molecular weight is 411 g/mol. The summed E-state index contributed by atoms with van der Waals surface area (Å²) in [4.78, 5) is 28.8. The molecule has 150 valence electrons. The minimum absolute atomic E-state index is 0.128. The van der Waals surface area contributed by atoms with Crippen molar-refractivity contribution in [2.45, 2.75) is 12.1 Å². The van der Waals surface area contributed by atoms with Crippen LogP contribution in [0.5, 0.6) is 5.75 Å². The fraction of sp³-hybridized carbons (Fsp3) is 0.190. The molecule has 3 rings (SSSR count). The van der Waals surface area contributed by atoms with Crippen molar-refractivity contribution in [3.63, 3.8) is 0 Å². The molecule has 1 amide bonds. The second-order valence-corrected chi connectivity index (χ2v) is 6.80. The number of hydrogen-bond donors (Lipinski definition) is 1. The zero-order valence-electron chi connectivity index (χ0n) is 16.1. The molecule has 0 saturated heterocycles. The van der Waals surface area contributed by atoms with Gasteiger partial charge in [-0.15, -0.1) is 0 Å². The lowest BCUT2D eigenvalue weighted by molar-refractivity contribution is -0.113. The number of para-hydroxylation sites is 3. The van der Waals surface area contributed by atoms with Gasteiger partial charge in [-0.25, -0.2) is 9.78 Å². The first-order chi connectivity index (χ1) is 14.1. The van der Waals surface area contributed by atoms with Gasteiger partial charge in [0, 0.05) is 12.4 Å². The number of imidazole rings is 1. The number of rotatable bonds is 8. The van der Waals surface area contributed by atoms with Crippen molar-refractivity contribution in [1.29, 1.82) is 0 Å². The number of nitrogens with one attached hydrogen (secondary N) is 1. The molecule has 0 atom stereocenters. The van der Waals surface area contributed by atoms with Gasteiger partial charge in [0.2, 0.25) is 5.91 Å². The summed E-state index contributed by atoms with van der Waals surface area (Å²) in [6.07, 6.45) is 3.48. The van der Waals surface area contributed by atoms with E-state index in [-0.39, 0.29) is 18.3 Å². The molecule has 0 saturated carbocycles. The van der Waals surface area contributed by atoms with E-state index in [4.69, 9.17) is 9.47 Å². The maximum absolute atomic E-state index is 12.5. The Balaban J connectivity index is 1.69. The lowest BCUT2D eigenvalue weighted by atomic mass is 10.2. The first-order valence-corrected chi connectivity index (χ1v) is 9.98. The largest absolute Gasteiger partial charge is 0.495 e. The Labute approximate surface area is 173 Å². The van der Waals surface area contributed by atoms with E-state index >= 15 is 0 Å². The zero-order chi connectivity index (χ0) is 20.6. The van der Waals surface area contributed by atoms with Gasteiger partial charge in [0.1, 0.15) is 5.75 Å². The summed E-state index contributed by atoms with van der Waals surface area (Å²) >= 11 is 1.29. The van der Waals surface area contributed by atoms with Gasteiger partial charge in [-0.2, -0.15) is 0 Å². The van der Waals surface area contributed by atoms with E-state index in [0.29, 0.717) is 22.2 Å². The van der Waals surface area contributed by atoms with Crippen LogP contribution in [0.25, 0.3) is 5.69 Å². The molecule has 1 N–H and O–H groups in total. The molecule has 1 aromatic heterocycles. The molecule has 0 aliphatic heterocycles. The predicted molar refractivity (Wildman–Crippen MR) is 112 cm³/mol. The van der Waals surface area contributed by atoms with Crippen LogP contribution in [0, 0.1) is 0 Å². The Bertz CT molecular complexity index is 1000. The number of thioether (sulfide) groups is 1. The minimum Gasteiger partial charge on any atom is -0.495 e. The molecule has 2 aromatic carbocycles. The van der Waals surface area contributed by atoms with Crippen molar-refractivity contribution in [1.82, 2.24) is 9.55 Å². The van der Waals surface area contributed by atoms with Crippen LogP contribution in [-0.4, -0.2) is 40.9 Å². The van der Waals surface area contributed by atoms with Crippen molar-refractivity contribution in [3.8, 4) is 11.4 Å². The first-order valence-electron chi connectivity index (χ1n) is 8.99. The second-order valence-electron chi connectivity index (χ2n) is 5.85. The maximum atomic E-state index is 12.5. The molecule has 3 aromatic rings. The Hall–Kier alpha value is -3.26. The van der Waals surface area contributed by atoms with Crippen molar-refractivity contribution in [3.05, 3.63) is 66.5 Å². The van der Waals surface area contributed by atoms with Gasteiger partial charge in [0.15, 0.2) is 5.16 Å². The third-order valence-electron chi connectivity index (χ3n) is 3.98. The minimum atomic E-state index is -0.470. The summed E-state index contributed by atoms with van der Waals surface area (Å²) in [6.45, 7) is 2.00. The molecule has 0 aliphatic rings. The van der Waals surface area contributed by atoms with E-state index in [0.717, 1.165) is 5.69 Å². The predicted octanol–water partition coefficient (Wildman–Crippen LogP) is 3.79. The van der Waals surface area contributed by atoms with E-state index in [1.54, 1.807) is 44.5 Å². The Morgan fingerprint density at radius 2 is 1.90 bits per heavy atom. The van der Waals surface area contributed by atoms with Crippen LogP contribution in [0.2, 0.25) is 0 Å². The number of anilines is 1. The molecule has 1 heterocycles. The lowest BCUT2D eigenvalue weighted by Crippen LogP contribution is -2.17. The zero-order valence-corrected chi connectivity index (χ0v) is 16.9. The maximum Gasteiger partial charge on any atom is 0.340 e. The molecule has 0 spiro atoms. The number of benzene rings is 2. The summed E-state index contributed by atoms with van der Waals surface area (Å²) in [5.41, 5.74) is 1.58. The van der Waals surface area contributed by atoms with Gasteiger partial charge in [-0.05, 0) is 31.2 Å². The number of aromatic nitrogens is 2. The quantitative estimate of drug-likeness (QED) is 0.449. The van der Waals surface area contributed by atoms with Crippen molar-refractivity contribution in [2.75, 3.05) is 24.8 Å². The van der Waals surface area contributed by atoms with E-state index in [1.807, 2.05) is 35.0 Å². The number of methoxy groups -OCH3 is 1. The summed E-state index contributed by atoms with van der Waals surface area (Å²) in [5.74, 6) is 0.118. The molecule has 0 aliphatic carbocycles. The summed E-state index contributed by atoms with van der Waals surface area (Å²) < 4.78 is 12.3. The molecule has 0 bridgehead atoms. The average Bonchev–Trinajstić information content (AvgIpc) is 3.21. The van der Waals surface area contributed by atoms with Crippen molar-refractivity contribution >= 4 is 29.3 Å². The molecule has 29 heavy (non-hydrogen) atoms. The van der Waals surface area contributed by atoms with Gasteiger partial charge < -0.3 is 14.8 Å². The highest BCUT2D eigenvalue weighted by atomic mass is 32.2. The number of ether oxygens (including phenoxy) is 2. The summed E-state index contributed by atoms with van der Waals surface area (Å²) in [6, 6.07) is 14.3. The highest BCUT2D eigenvalue weighted by molar-refractivity contribution is 7.99. The van der Waals surface area contributed by atoms with Crippen molar-refractivity contribution < 1.29 is 19.1 Å². The number of hydrogen-bond acceptors (Lipinski definition) is 6. The fourth-order valence-electron chi connectivity index (χ4n) is 2.70. The van der Waals surface area contributed by atoms with E-state index < -0.39 is 5.97 Å². The Kier molecular flexibility index (Phi) is 6.91. The number of carbonyl (C=O) groups is 2. The summed E-state index contributed by atoms with van der Waals surface area (Å²) in [5, 5.41) is 3.43. The SMILES string of the molecule is CCOC(=O)c1ccccc1NC(=O)CSc1nccn1-c1ccccc1OC.